The molecule has 0 bridgehead atoms. The fourth-order valence-corrected chi connectivity index (χ4v) is 3.26. The van der Waals surface area contributed by atoms with Gasteiger partial charge in [0.1, 0.15) is 11.4 Å². The molecule has 0 unspecified atom stereocenters. The standard InChI is InChI=1S/C23H23N3O5/c1-14-5-9-19(10-6-14)22(27)17(4)31-23(28)20-11-7-18(8-12-20)13-25-16(3)21(26(29)30)15(2)24-25/h5-12,17H,13H2,1-4H3/t17-/m0/s1. The molecule has 1 aromatic heterocycles. The van der Waals surface area contributed by atoms with Crippen molar-refractivity contribution in [1.82, 2.24) is 9.78 Å². The van der Waals surface area contributed by atoms with Crippen molar-refractivity contribution in [2.75, 3.05) is 0 Å². The topological polar surface area (TPSA) is 104 Å². The Morgan fingerprint density at radius 1 is 1.03 bits per heavy atom. The summed E-state index contributed by atoms with van der Waals surface area (Å²) in [5, 5.41) is 15.4. The van der Waals surface area contributed by atoms with Gasteiger partial charge in [-0.1, -0.05) is 42.0 Å². The summed E-state index contributed by atoms with van der Waals surface area (Å²) >= 11 is 0. The van der Waals surface area contributed by atoms with E-state index in [0.29, 0.717) is 29.1 Å². The van der Waals surface area contributed by atoms with Gasteiger partial charge in [0.05, 0.1) is 17.0 Å². The quantitative estimate of drug-likeness (QED) is 0.245. The van der Waals surface area contributed by atoms with Crippen molar-refractivity contribution in [2.45, 2.75) is 40.3 Å². The largest absolute Gasteiger partial charge is 0.451 e. The van der Waals surface area contributed by atoms with Gasteiger partial charge in [-0.3, -0.25) is 19.6 Å². The van der Waals surface area contributed by atoms with E-state index in [2.05, 4.69) is 5.10 Å². The molecule has 3 rings (SSSR count). The number of carbonyl (C=O) groups is 2. The number of aryl methyl sites for hydroxylation is 2. The molecule has 2 aromatic carbocycles. The Morgan fingerprint density at radius 3 is 2.16 bits per heavy atom. The zero-order valence-electron chi connectivity index (χ0n) is 17.8. The minimum absolute atomic E-state index is 0.00688. The molecule has 0 fully saturated rings. The lowest BCUT2D eigenvalue weighted by Crippen LogP contribution is -2.24. The van der Waals surface area contributed by atoms with Crippen LogP contribution >= 0.6 is 0 Å². The summed E-state index contributed by atoms with van der Waals surface area (Å²) in [6, 6.07) is 13.7. The molecule has 0 N–H and O–H groups in total. The lowest BCUT2D eigenvalue weighted by Gasteiger charge is -2.13. The third-order valence-corrected chi connectivity index (χ3v) is 5.04. The summed E-state index contributed by atoms with van der Waals surface area (Å²) in [5.41, 5.74) is 3.49. The first kappa shape index (κ1) is 21.9. The van der Waals surface area contributed by atoms with Crippen LogP contribution in [0.4, 0.5) is 5.69 Å². The fraction of sp³-hybridized carbons (Fsp3) is 0.261. The molecule has 1 heterocycles. The summed E-state index contributed by atoms with van der Waals surface area (Å²) in [5.74, 6) is -0.864. The van der Waals surface area contributed by atoms with E-state index < -0.39 is 17.0 Å². The molecular weight excluding hydrogens is 398 g/mol. The number of carbonyl (C=O) groups excluding carboxylic acids is 2. The van der Waals surface area contributed by atoms with Crippen LogP contribution in [0, 0.1) is 30.9 Å². The molecule has 160 valence electrons. The lowest BCUT2D eigenvalue weighted by molar-refractivity contribution is -0.386. The predicted octanol–water partition coefficient (Wildman–Crippen LogP) is 4.19. The average Bonchev–Trinajstić information content (AvgIpc) is 3.01. The van der Waals surface area contributed by atoms with Gasteiger partial charge in [-0.15, -0.1) is 0 Å². The Morgan fingerprint density at radius 2 is 1.61 bits per heavy atom. The second-order valence-electron chi connectivity index (χ2n) is 7.41. The van der Waals surface area contributed by atoms with Gasteiger partial charge in [-0.2, -0.15) is 5.10 Å². The van der Waals surface area contributed by atoms with Crippen molar-refractivity contribution in [1.29, 1.82) is 0 Å². The summed E-state index contributed by atoms with van der Waals surface area (Å²) in [6.45, 7) is 7.05. The summed E-state index contributed by atoms with van der Waals surface area (Å²) < 4.78 is 6.88. The highest BCUT2D eigenvalue weighted by Gasteiger charge is 2.22. The molecule has 0 radical (unpaired) electrons. The highest BCUT2D eigenvalue weighted by molar-refractivity contribution is 6.01. The Balaban J connectivity index is 1.66. The summed E-state index contributed by atoms with van der Waals surface area (Å²) in [4.78, 5) is 35.6. The number of nitrogens with zero attached hydrogens (tertiary/aromatic N) is 3. The van der Waals surface area contributed by atoms with Gasteiger partial charge in [0.2, 0.25) is 5.78 Å². The fourth-order valence-electron chi connectivity index (χ4n) is 3.26. The molecule has 31 heavy (non-hydrogen) atoms. The molecule has 0 saturated heterocycles. The van der Waals surface area contributed by atoms with Crippen molar-refractivity contribution in [2.24, 2.45) is 0 Å². The minimum Gasteiger partial charge on any atom is -0.451 e. The Kier molecular flexibility index (Phi) is 6.29. The molecule has 1 atom stereocenters. The normalized spacial score (nSPS) is 11.7. The number of benzene rings is 2. The van der Waals surface area contributed by atoms with Crippen molar-refractivity contribution in [3.63, 3.8) is 0 Å². The smallest absolute Gasteiger partial charge is 0.338 e. The molecular formula is C23H23N3O5. The molecule has 8 heteroatoms. The number of rotatable bonds is 7. The summed E-state index contributed by atoms with van der Waals surface area (Å²) in [7, 11) is 0. The second kappa shape index (κ2) is 8.91. The van der Waals surface area contributed by atoms with Crippen LogP contribution in [0.2, 0.25) is 0 Å². The van der Waals surface area contributed by atoms with Crippen LogP contribution in [0.3, 0.4) is 0 Å². The Labute approximate surface area is 179 Å². The van der Waals surface area contributed by atoms with Gasteiger partial charge in [0.15, 0.2) is 6.10 Å². The first-order valence-electron chi connectivity index (χ1n) is 9.76. The van der Waals surface area contributed by atoms with Gasteiger partial charge in [-0.05, 0) is 45.4 Å². The predicted molar refractivity (Wildman–Crippen MR) is 114 cm³/mol. The van der Waals surface area contributed by atoms with Crippen LogP contribution in [0.5, 0.6) is 0 Å². The zero-order valence-corrected chi connectivity index (χ0v) is 17.8. The monoisotopic (exact) mass is 421 g/mol. The summed E-state index contributed by atoms with van der Waals surface area (Å²) in [6.07, 6.45) is -0.912. The molecule has 0 aliphatic rings. The number of aromatic nitrogens is 2. The SMILES string of the molecule is Cc1ccc(C(=O)[C@H](C)OC(=O)c2ccc(Cn3nc(C)c([N+](=O)[O-])c3C)cc2)cc1. The number of hydrogen-bond donors (Lipinski definition) is 0. The van der Waals surface area contributed by atoms with E-state index >= 15 is 0 Å². The maximum absolute atomic E-state index is 12.5. The van der Waals surface area contributed by atoms with Crippen LogP contribution in [-0.4, -0.2) is 32.6 Å². The van der Waals surface area contributed by atoms with E-state index in [1.807, 2.05) is 19.1 Å². The third kappa shape index (κ3) is 4.85. The van der Waals surface area contributed by atoms with Gasteiger partial charge in [0, 0.05) is 5.56 Å². The van der Waals surface area contributed by atoms with Gasteiger partial charge >= 0.3 is 11.7 Å². The number of nitro groups is 1. The molecule has 0 spiro atoms. The maximum Gasteiger partial charge on any atom is 0.338 e. The van der Waals surface area contributed by atoms with Crippen molar-refractivity contribution in [3.8, 4) is 0 Å². The highest BCUT2D eigenvalue weighted by Crippen LogP contribution is 2.22. The van der Waals surface area contributed by atoms with Crippen LogP contribution in [0.1, 0.15) is 50.2 Å². The lowest BCUT2D eigenvalue weighted by atomic mass is 10.1. The number of Topliss-reactive ketones (excluding diaryl/α,β-unsaturated/α-hetero) is 1. The van der Waals surface area contributed by atoms with Crippen LogP contribution in [0.15, 0.2) is 48.5 Å². The van der Waals surface area contributed by atoms with Gasteiger partial charge < -0.3 is 4.74 Å². The van der Waals surface area contributed by atoms with E-state index in [1.165, 1.54) is 0 Å². The molecule has 8 nitrogen and oxygen atoms in total. The van der Waals surface area contributed by atoms with E-state index in [4.69, 9.17) is 4.74 Å². The third-order valence-electron chi connectivity index (χ3n) is 5.04. The van der Waals surface area contributed by atoms with Crippen molar-refractivity contribution >= 4 is 17.4 Å². The van der Waals surface area contributed by atoms with Crippen molar-refractivity contribution < 1.29 is 19.2 Å². The van der Waals surface area contributed by atoms with E-state index in [9.17, 15) is 19.7 Å². The number of hydrogen-bond acceptors (Lipinski definition) is 6. The molecule has 3 aromatic rings. The molecule has 0 aliphatic heterocycles. The molecule has 0 aliphatic carbocycles. The number of ether oxygens (including phenoxy) is 1. The van der Waals surface area contributed by atoms with E-state index in [1.54, 1.807) is 61.9 Å². The minimum atomic E-state index is -0.912. The average molecular weight is 421 g/mol. The van der Waals surface area contributed by atoms with Crippen LogP contribution < -0.4 is 0 Å². The molecule has 0 saturated carbocycles. The number of ketones is 1. The van der Waals surface area contributed by atoms with Crippen molar-refractivity contribution in [3.05, 3.63) is 92.3 Å². The van der Waals surface area contributed by atoms with Crippen LogP contribution in [0.25, 0.3) is 0 Å². The Hall–Kier alpha value is -3.81. The highest BCUT2D eigenvalue weighted by atomic mass is 16.6. The second-order valence-corrected chi connectivity index (χ2v) is 7.41. The zero-order chi connectivity index (χ0) is 22.7. The first-order chi connectivity index (χ1) is 14.7. The maximum atomic E-state index is 12.5. The van der Waals surface area contributed by atoms with E-state index in [0.717, 1.165) is 11.1 Å². The van der Waals surface area contributed by atoms with Gasteiger partial charge in [0.25, 0.3) is 0 Å². The van der Waals surface area contributed by atoms with Gasteiger partial charge in [-0.25, -0.2) is 4.79 Å². The Bertz CT molecular complexity index is 1130. The number of esters is 1. The van der Waals surface area contributed by atoms with E-state index in [-0.39, 0.29) is 11.5 Å². The van der Waals surface area contributed by atoms with Crippen LogP contribution in [-0.2, 0) is 11.3 Å². The first-order valence-corrected chi connectivity index (χ1v) is 9.76. The molecule has 0 amide bonds.